The molecule has 0 unspecified atom stereocenters. The highest BCUT2D eigenvalue weighted by atomic mass is 32.2. The number of hydrogen-bond donors (Lipinski definition) is 0. The van der Waals surface area contributed by atoms with Crippen LogP contribution in [0.3, 0.4) is 0 Å². The lowest BCUT2D eigenvalue weighted by Gasteiger charge is -2.36. The van der Waals surface area contributed by atoms with E-state index in [2.05, 4.69) is 0 Å². The van der Waals surface area contributed by atoms with Crippen LogP contribution in [0.25, 0.3) is 0 Å². The number of nitrogens with zero attached hydrogens (tertiary/aromatic N) is 2. The lowest BCUT2D eigenvalue weighted by molar-refractivity contribution is -0.135. The Morgan fingerprint density at radius 3 is 2.67 bits per heavy atom. The third-order valence-electron chi connectivity index (χ3n) is 4.50. The smallest absolute Gasteiger partial charge is 0.247 e. The molecule has 0 saturated carbocycles. The van der Waals surface area contributed by atoms with Crippen LogP contribution < -0.4 is 4.74 Å². The van der Waals surface area contributed by atoms with Gasteiger partial charge in [0.25, 0.3) is 0 Å². The van der Waals surface area contributed by atoms with E-state index in [1.54, 1.807) is 12.0 Å². The topological polar surface area (TPSA) is 76.2 Å². The molecule has 2 fully saturated rings. The summed E-state index contributed by atoms with van der Waals surface area (Å²) in [5.41, 5.74) is 0. The zero-order valence-electron chi connectivity index (χ0n) is 13.4. The van der Waals surface area contributed by atoms with E-state index in [9.17, 15) is 17.6 Å². The molecule has 0 N–H and O–H groups in total. The fourth-order valence-corrected chi connectivity index (χ4v) is 4.83. The molecule has 2 aliphatic heterocycles. The summed E-state index contributed by atoms with van der Waals surface area (Å²) < 4.78 is 50.7. The Labute approximate surface area is 140 Å². The van der Waals surface area contributed by atoms with Crippen molar-refractivity contribution in [3.05, 3.63) is 24.0 Å². The first-order chi connectivity index (χ1) is 11.4. The fourth-order valence-electron chi connectivity index (χ4n) is 3.24. The Bertz CT molecular complexity index is 754. The second-order valence-electron chi connectivity index (χ2n) is 5.89. The Hall–Kier alpha value is -1.71. The molecular weight excluding hydrogens is 339 g/mol. The lowest BCUT2D eigenvalue weighted by atomic mass is 10.2. The summed E-state index contributed by atoms with van der Waals surface area (Å²) in [6, 6.07) is 3.07. The number of carbonyl (C=O) groups excluding carboxylic acids is 1. The van der Waals surface area contributed by atoms with E-state index in [-0.39, 0.29) is 41.8 Å². The van der Waals surface area contributed by atoms with Crippen molar-refractivity contribution in [1.82, 2.24) is 9.21 Å². The van der Waals surface area contributed by atoms with Crippen LogP contribution in [0.4, 0.5) is 4.39 Å². The van der Waals surface area contributed by atoms with Gasteiger partial charge >= 0.3 is 0 Å². The largest absolute Gasteiger partial charge is 0.495 e. The molecule has 0 aromatic heterocycles. The average molecular weight is 358 g/mol. The van der Waals surface area contributed by atoms with E-state index in [1.165, 1.54) is 13.2 Å². The Kier molecular flexibility index (Phi) is 4.50. The van der Waals surface area contributed by atoms with Crippen LogP contribution in [-0.2, 0) is 19.6 Å². The summed E-state index contributed by atoms with van der Waals surface area (Å²) in [4.78, 5) is 13.7. The first-order valence-corrected chi connectivity index (χ1v) is 8.96. The van der Waals surface area contributed by atoms with Gasteiger partial charge in [-0.3, -0.25) is 4.79 Å². The fraction of sp³-hybridized carbons (Fsp3) is 0.533. The van der Waals surface area contributed by atoms with E-state index in [1.807, 2.05) is 0 Å². The number of rotatable bonds is 4. The second kappa shape index (κ2) is 6.30. The van der Waals surface area contributed by atoms with Crippen LogP contribution in [0.2, 0.25) is 0 Å². The maximum absolute atomic E-state index is 13.5. The molecule has 7 nitrogen and oxygen atoms in total. The van der Waals surface area contributed by atoms with Crippen LogP contribution >= 0.6 is 0 Å². The summed E-state index contributed by atoms with van der Waals surface area (Å²) in [5.74, 6) is -0.906. The summed E-state index contributed by atoms with van der Waals surface area (Å²) in [6.45, 7) is 0.361. The molecule has 132 valence electrons. The SMILES string of the molecule is COc1ccc(F)cc1S(=O)(=O)N1CC(=O)N2C[C@@H](OC)C[C@H]2C1. The van der Waals surface area contributed by atoms with Gasteiger partial charge in [-0.1, -0.05) is 0 Å². The molecule has 9 heteroatoms. The lowest BCUT2D eigenvalue weighted by Crippen LogP contribution is -2.55. The standard InChI is InChI=1S/C15H19FN2O5S/c1-22-12-6-11-7-17(9-15(19)18(11)8-12)24(20,21)14-5-10(16)3-4-13(14)23-2/h3-5,11-12H,6-9H2,1-2H3/t11-,12-/m0/s1. The van der Waals surface area contributed by atoms with Crippen LogP contribution in [0.15, 0.2) is 23.1 Å². The van der Waals surface area contributed by atoms with Crippen molar-refractivity contribution in [1.29, 1.82) is 0 Å². The van der Waals surface area contributed by atoms with E-state index >= 15 is 0 Å². The molecule has 1 aromatic carbocycles. The number of amides is 1. The maximum Gasteiger partial charge on any atom is 0.247 e. The zero-order chi connectivity index (χ0) is 17.5. The van der Waals surface area contributed by atoms with Gasteiger partial charge in [0, 0.05) is 26.2 Å². The molecule has 0 spiro atoms. The first kappa shape index (κ1) is 17.1. The summed E-state index contributed by atoms with van der Waals surface area (Å²) in [6.07, 6.45) is 0.486. The van der Waals surface area contributed by atoms with Crippen molar-refractivity contribution in [2.24, 2.45) is 0 Å². The molecule has 2 saturated heterocycles. The molecule has 1 aromatic rings. The van der Waals surface area contributed by atoms with Crippen LogP contribution in [0.1, 0.15) is 6.42 Å². The van der Waals surface area contributed by atoms with Crippen molar-refractivity contribution < 1.29 is 27.1 Å². The number of halogens is 1. The molecule has 3 rings (SSSR count). The van der Waals surface area contributed by atoms with Crippen molar-refractivity contribution in [2.45, 2.75) is 23.5 Å². The van der Waals surface area contributed by atoms with E-state index < -0.39 is 15.8 Å². The number of piperazine rings is 1. The van der Waals surface area contributed by atoms with E-state index in [4.69, 9.17) is 9.47 Å². The maximum atomic E-state index is 13.5. The zero-order valence-corrected chi connectivity index (χ0v) is 14.3. The third-order valence-corrected chi connectivity index (χ3v) is 6.33. The molecule has 0 aliphatic carbocycles. The Morgan fingerprint density at radius 1 is 1.25 bits per heavy atom. The first-order valence-electron chi connectivity index (χ1n) is 7.52. The monoisotopic (exact) mass is 358 g/mol. The van der Waals surface area contributed by atoms with Gasteiger partial charge in [-0.2, -0.15) is 4.31 Å². The molecule has 0 radical (unpaired) electrons. The predicted molar refractivity (Wildman–Crippen MR) is 82.6 cm³/mol. The van der Waals surface area contributed by atoms with Gasteiger partial charge in [-0.15, -0.1) is 0 Å². The normalized spacial score (nSPS) is 25.0. The minimum Gasteiger partial charge on any atom is -0.495 e. The number of fused-ring (bicyclic) bond motifs is 1. The van der Waals surface area contributed by atoms with Gasteiger partial charge < -0.3 is 14.4 Å². The minimum atomic E-state index is -4.04. The number of benzene rings is 1. The summed E-state index contributed by atoms with van der Waals surface area (Å²) >= 11 is 0. The molecule has 2 heterocycles. The quantitative estimate of drug-likeness (QED) is 0.781. The van der Waals surface area contributed by atoms with Gasteiger partial charge in [0.05, 0.1) is 19.8 Å². The van der Waals surface area contributed by atoms with E-state index in [0.717, 1.165) is 16.4 Å². The van der Waals surface area contributed by atoms with Crippen molar-refractivity contribution in [2.75, 3.05) is 33.9 Å². The van der Waals surface area contributed by atoms with Crippen LogP contribution in [0, 0.1) is 5.82 Å². The second-order valence-corrected chi connectivity index (χ2v) is 7.79. The highest BCUT2D eigenvalue weighted by Gasteiger charge is 2.44. The number of hydrogen-bond acceptors (Lipinski definition) is 5. The number of methoxy groups -OCH3 is 2. The molecule has 0 bridgehead atoms. The summed E-state index contributed by atoms with van der Waals surface area (Å²) in [7, 11) is -1.16. The minimum absolute atomic E-state index is 0.0486. The highest BCUT2D eigenvalue weighted by molar-refractivity contribution is 7.89. The van der Waals surface area contributed by atoms with Crippen LogP contribution in [-0.4, -0.2) is 69.5 Å². The molecule has 2 atom stereocenters. The molecular formula is C15H19FN2O5S. The van der Waals surface area contributed by atoms with Gasteiger partial charge in [-0.05, 0) is 24.6 Å². The molecule has 2 aliphatic rings. The molecule has 1 amide bonds. The van der Waals surface area contributed by atoms with Crippen molar-refractivity contribution in [3.8, 4) is 5.75 Å². The third kappa shape index (κ3) is 2.87. The van der Waals surface area contributed by atoms with Gasteiger partial charge in [0.2, 0.25) is 15.9 Å². The van der Waals surface area contributed by atoms with Gasteiger partial charge in [0.15, 0.2) is 0 Å². The Balaban J connectivity index is 1.91. The van der Waals surface area contributed by atoms with Crippen LogP contribution in [0.5, 0.6) is 5.75 Å². The van der Waals surface area contributed by atoms with E-state index in [0.29, 0.717) is 13.0 Å². The van der Waals surface area contributed by atoms with Gasteiger partial charge in [0.1, 0.15) is 16.5 Å². The average Bonchev–Trinajstić information content (AvgIpc) is 2.98. The van der Waals surface area contributed by atoms with Crippen molar-refractivity contribution in [3.63, 3.8) is 0 Å². The van der Waals surface area contributed by atoms with Gasteiger partial charge in [-0.25, -0.2) is 12.8 Å². The number of ether oxygens (including phenoxy) is 2. The molecule has 24 heavy (non-hydrogen) atoms. The number of carbonyl (C=O) groups is 1. The predicted octanol–water partition coefficient (Wildman–Crippen LogP) is 0.454. The number of sulfonamides is 1. The van der Waals surface area contributed by atoms with Crippen molar-refractivity contribution >= 4 is 15.9 Å². The highest BCUT2D eigenvalue weighted by Crippen LogP contribution is 2.31. The Morgan fingerprint density at radius 2 is 2.00 bits per heavy atom. The summed E-state index contributed by atoms with van der Waals surface area (Å²) in [5, 5.41) is 0.